The molecular weight excluding hydrogens is 222 g/mol. The summed E-state index contributed by atoms with van der Waals surface area (Å²) in [4.78, 5) is 13.9. The molecule has 2 saturated heterocycles. The average Bonchev–Trinajstić information content (AvgIpc) is 2.86. The number of nitrogens with zero attached hydrogens (tertiary/aromatic N) is 3. The average molecular weight is 237 g/mol. The Morgan fingerprint density at radius 2 is 2.18 bits per heavy atom. The molecule has 1 saturated carbocycles. The molecule has 2 aliphatic heterocycles. The first-order valence-corrected chi connectivity index (χ1v) is 5.65. The van der Waals surface area contributed by atoms with Crippen LogP contribution in [0.3, 0.4) is 0 Å². The van der Waals surface area contributed by atoms with Crippen LogP contribution in [0.4, 0.5) is 6.01 Å². The van der Waals surface area contributed by atoms with Gasteiger partial charge in [0.15, 0.2) is 0 Å². The minimum absolute atomic E-state index is 0.163. The number of fused-ring (bicyclic) bond motifs is 1. The Balaban J connectivity index is 1.97. The summed E-state index contributed by atoms with van der Waals surface area (Å²) in [5.41, 5.74) is -0.418. The van der Waals surface area contributed by atoms with Crippen molar-refractivity contribution < 1.29 is 13.9 Å². The zero-order valence-electron chi connectivity index (χ0n) is 10.2. The van der Waals surface area contributed by atoms with Gasteiger partial charge in [-0.3, -0.25) is 0 Å². The first kappa shape index (κ1) is 10.6. The molecule has 2 bridgehead atoms. The molecule has 0 aromatic carbocycles. The number of carbonyl (C=O) groups is 1. The van der Waals surface area contributed by atoms with Crippen LogP contribution in [0.2, 0.25) is 0 Å². The lowest BCUT2D eigenvalue weighted by atomic mass is 9.63. The fraction of sp³-hybridized carbons (Fsp3) is 0.727. The van der Waals surface area contributed by atoms with Crippen molar-refractivity contribution in [2.45, 2.75) is 32.2 Å². The molecule has 0 spiro atoms. The van der Waals surface area contributed by atoms with Crippen molar-refractivity contribution in [3.05, 3.63) is 5.89 Å². The van der Waals surface area contributed by atoms with Crippen LogP contribution >= 0.6 is 0 Å². The highest BCUT2D eigenvalue weighted by Gasteiger charge is 2.69. The van der Waals surface area contributed by atoms with Crippen molar-refractivity contribution >= 4 is 12.0 Å². The molecule has 3 fully saturated rings. The molecule has 0 amide bonds. The number of carbonyl (C=O) groups excluding carboxylic acids is 1. The number of aryl methyl sites for hydroxylation is 1. The maximum atomic E-state index is 12.0. The molecule has 1 aliphatic carbocycles. The Morgan fingerprint density at radius 3 is 2.71 bits per heavy atom. The molecule has 3 aliphatic rings. The summed E-state index contributed by atoms with van der Waals surface area (Å²) in [5.74, 6) is 0.303. The van der Waals surface area contributed by atoms with Crippen LogP contribution in [0.25, 0.3) is 0 Å². The summed E-state index contributed by atoms with van der Waals surface area (Å²) < 4.78 is 10.3. The van der Waals surface area contributed by atoms with E-state index in [4.69, 9.17) is 9.15 Å². The van der Waals surface area contributed by atoms with Gasteiger partial charge in [-0.15, -0.1) is 5.10 Å². The zero-order chi connectivity index (χ0) is 12.3. The molecule has 3 heterocycles. The maximum absolute atomic E-state index is 12.0. The number of methoxy groups -OCH3 is 1. The Kier molecular flexibility index (Phi) is 1.86. The van der Waals surface area contributed by atoms with Crippen LogP contribution < -0.4 is 4.90 Å². The molecule has 0 unspecified atom stereocenters. The van der Waals surface area contributed by atoms with Gasteiger partial charge in [0.1, 0.15) is 5.54 Å². The second-order valence-electron chi connectivity index (χ2n) is 5.38. The third kappa shape index (κ3) is 1.23. The highest BCUT2D eigenvalue weighted by atomic mass is 16.5. The summed E-state index contributed by atoms with van der Waals surface area (Å²) in [6.07, 6.45) is 1.60. The lowest BCUT2D eigenvalue weighted by Crippen LogP contribution is -2.55. The molecule has 1 aromatic rings. The van der Waals surface area contributed by atoms with Crippen molar-refractivity contribution in [3.8, 4) is 0 Å². The summed E-state index contributed by atoms with van der Waals surface area (Å²) >= 11 is 0. The van der Waals surface area contributed by atoms with Crippen LogP contribution in [-0.4, -0.2) is 35.4 Å². The molecule has 17 heavy (non-hydrogen) atoms. The van der Waals surface area contributed by atoms with Crippen LogP contribution in [0.5, 0.6) is 0 Å². The van der Waals surface area contributed by atoms with Crippen molar-refractivity contribution in [1.29, 1.82) is 0 Å². The second kappa shape index (κ2) is 3.00. The van der Waals surface area contributed by atoms with Gasteiger partial charge in [-0.1, -0.05) is 12.0 Å². The Labute approximate surface area is 98.9 Å². The molecule has 6 nitrogen and oxygen atoms in total. The Bertz CT molecular complexity index is 476. The number of ether oxygens (including phenoxy) is 1. The van der Waals surface area contributed by atoms with E-state index >= 15 is 0 Å². The molecule has 92 valence electrons. The summed E-state index contributed by atoms with van der Waals surface area (Å²) in [6, 6.07) is 0.425. The number of anilines is 1. The fourth-order valence-electron chi connectivity index (χ4n) is 3.29. The molecule has 0 atom stereocenters. The summed E-state index contributed by atoms with van der Waals surface area (Å²) in [7, 11) is 1.42. The smallest absolute Gasteiger partial charge is 0.331 e. The zero-order valence-corrected chi connectivity index (χ0v) is 10.2. The Hall–Kier alpha value is -1.59. The largest absolute Gasteiger partial charge is 0.467 e. The maximum Gasteiger partial charge on any atom is 0.331 e. The molecule has 1 aromatic heterocycles. The van der Waals surface area contributed by atoms with Gasteiger partial charge in [-0.2, -0.15) is 0 Å². The SMILES string of the molecule is COC(=O)C12CC(C)(CN1c1nnc(C)o1)C2. The monoisotopic (exact) mass is 237 g/mol. The molecule has 6 heteroatoms. The van der Waals surface area contributed by atoms with Gasteiger partial charge in [-0.25, -0.2) is 4.79 Å². The van der Waals surface area contributed by atoms with Crippen LogP contribution in [0.1, 0.15) is 25.7 Å². The van der Waals surface area contributed by atoms with Crippen LogP contribution in [-0.2, 0) is 9.53 Å². The van der Waals surface area contributed by atoms with Gasteiger partial charge in [0.25, 0.3) is 0 Å². The van der Waals surface area contributed by atoms with Crippen molar-refractivity contribution in [1.82, 2.24) is 10.2 Å². The quantitative estimate of drug-likeness (QED) is 0.712. The first-order chi connectivity index (χ1) is 7.99. The van der Waals surface area contributed by atoms with E-state index in [0.717, 1.165) is 19.4 Å². The lowest BCUT2D eigenvalue weighted by molar-refractivity contribution is -0.151. The minimum atomic E-state index is -0.581. The van der Waals surface area contributed by atoms with E-state index in [-0.39, 0.29) is 11.4 Å². The third-order valence-corrected chi connectivity index (χ3v) is 3.81. The van der Waals surface area contributed by atoms with Gasteiger partial charge in [0.2, 0.25) is 5.89 Å². The van der Waals surface area contributed by atoms with Crippen molar-refractivity contribution in [3.63, 3.8) is 0 Å². The topological polar surface area (TPSA) is 68.5 Å². The fourth-order valence-corrected chi connectivity index (χ4v) is 3.29. The van der Waals surface area contributed by atoms with Gasteiger partial charge in [-0.05, 0) is 18.3 Å². The normalized spacial score (nSPS) is 34.6. The van der Waals surface area contributed by atoms with E-state index in [9.17, 15) is 4.79 Å². The van der Waals surface area contributed by atoms with Gasteiger partial charge < -0.3 is 14.1 Å². The molecule has 0 N–H and O–H groups in total. The van der Waals surface area contributed by atoms with Gasteiger partial charge in [0.05, 0.1) is 7.11 Å². The molecular formula is C11H15N3O3. The third-order valence-electron chi connectivity index (χ3n) is 3.81. The number of hydrogen-bond donors (Lipinski definition) is 0. The van der Waals surface area contributed by atoms with Crippen LogP contribution in [0, 0.1) is 12.3 Å². The van der Waals surface area contributed by atoms with E-state index in [0.29, 0.717) is 11.9 Å². The number of hydrogen-bond acceptors (Lipinski definition) is 6. The predicted molar refractivity (Wildman–Crippen MR) is 58.5 cm³/mol. The van der Waals surface area contributed by atoms with Gasteiger partial charge >= 0.3 is 12.0 Å². The first-order valence-electron chi connectivity index (χ1n) is 5.65. The summed E-state index contributed by atoms with van der Waals surface area (Å²) in [6.45, 7) is 4.67. The van der Waals surface area contributed by atoms with Gasteiger partial charge in [0, 0.05) is 13.5 Å². The Morgan fingerprint density at radius 1 is 1.47 bits per heavy atom. The van der Waals surface area contributed by atoms with Crippen LogP contribution in [0.15, 0.2) is 4.42 Å². The molecule has 0 radical (unpaired) electrons. The van der Waals surface area contributed by atoms with E-state index < -0.39 is 5.54 Å². The number of rotatable bonds is 2. The highest BCUT2D eigenvalue weighted by molar-refractivity contribution is 5.88. The van der Waals surface area contributed by atoms with Crippen molar-refractivity contribution in [2.24, 2.45) is 5.41 Å². The van der Waals surface area contributed by atoms with E-state index in [2.05, 4.69) is 17.1 Å². The van der Waals surface area contributed by atoms with E-state index in [1.165, 1.54) is 7.11 Å². The highest BCUT2D eigenvalue weighted by Crippen LogP contribution is 2.60. The van der Waals surface area contributed by atoms with Crippen molar-refractivity contribution in [2.75, 3.05) is 18.6 Å². The lowest BCUT2D eigenvalue weighted by Gasteiger charge is -2.42. The standard InChI is InChI=1S/C11H15N3O3/c1-7-12-13-9(17-7)14-6-10(2)4-11(14,5-10)8(15)16-3/h4-6H2,1-3H3. The number of aromatic nitrogens is 2. The van der Waals surface area contributed by atoms with E-state index in [1.807, 2.05) is 4.90 Å². The minimum Gasteiger partial charge on any atom is -0.467 e. The molecule has 4 rings (SSSR count). The van der Waals surface area contributed by atoms with E-state index in [1.54, 1.807) is 6.92 Å². The second-order valence-corrected chi connectivity index (χ2v) is 5.38. The summed E-state index contributed by atoms with van der Waals surface area (Å²) in [5, 5.41) is 7.81. The predicted octanol–water partition coefficient (Wildman–Crippen LogP) is 0.910. The number of esters is 1.